The molecule has 0 bridgehead atoms. The molecule has 1 aliphatic rings. The van der Waals surface area contributed by atoms with Crippen LogP contribution in [0.4, 0.5) is 5.13 Å². The number of ether oxygens (including phenoxy) is 1. The molecule has 0 spiro atoms. The van der Waals surface area contributed by atoms with Crippen LogP contribution in [0.3, 0.4) is 0 Å². The zero-order valence-corrected chi connectivity index (χ0v) is 10.8. The van der Waals surface area contributed by atoms with Crippen molar-refractivity contribution >= 4 is 16.5 Å². The van der Waals surface area contributed by atoms with E-state index in [-0.39, 0.29) is 0 Å². The third-order valence-electron chi connectivity index (χ3n) is 3.17. The average Bonchev–Trinajstić information content (AvgIpc) is 2.60. The van der Waals surface area contributed by atoms with Gasteiger partial charge in [0.2, 0.25) is 0 Å². The predicted molar refractivity (Wildman–Crippen MR) is 67.3 cm³/mol. The zero-order valence-electron chi connectivity index (χ0n) is 9.98. The molecule has 2 rings (SSSR count). The molecule has 1 saturated carbocycles. The summed E-state index contributed by atoms with van der Waals surface area (Å²) in [4.78, 5) is 4.20. The highest BCUT2D eigenvalue weighted by Gasteiger charge is 2.24. The Morgan fingerprint density at radius 2 is 2.06 bits per heavy atom. The number of nitrogens with zero attached hydrogens (tertiary/aromatic N) is 1. The molecule has 2 atom stereocenters. The van der Waals surface area contributed by atoms with Crippen LogP contribution in [-0.2, 0) is 11.3 Å². The average molecular weight is 240 g/mol. The van der Waals surface area contributed by atoms with Gasteiger partial charge in [0.25, 0.3) is 0 Å². The van der Waals surface area contributed by atoms with E-state index in [2.05, 4.69) is 18.8 Å². The van der Waals surface area contributed by atoms with Crippen LogP contribution in [0.2, 0.25) is 0 Å². The number of nitrogen functional groups attached to an aromatic ring is 1. The molecule has 1 aromatic rings. The van der Waals surface area contributed by atoms with Gasteiger partial charge in [-0.25, -0.2) is 4.98 Å². The maximum absolute atomic E-state index is 5.91. The van der Waals surface area contributed by atoms with Crippen LogP contribution in [0, 0.1) is 11.8 Å². The lowest BCUT2D eigenvalue weighted by atomic mass is 9.82. The largest absolute Gasteiger partial charge is 0.375 e. The molecule has 90 valence electrons. The number of hydrogen-bond acceptors (Lipinski definition) is 4. The monoisotopic (exact) mass is 240 g/mol. The Bertz CT molecular complexity index is 330. The number of hydrogen-bond donors (Lipinski definition) is 1. The molecular formula is C12H20N2OS. The van der Waals surface area contributed by atoms with Gasteiger partial charge in [0.05, 0.1) is 18.4 Å². The first kappa shape index (κ1) is 11.9. The first-order chi connectivity index (χ1) is 7.63. The van der Waals surface area contributed by atoms with Crippen molar-refractivity contribution < 1.29 is 4.74 Å². The van der Waals surface area contributed by atoms with E-state index in [1.165, 1.54) is 30.6 Å². The van der Waals surface area contributed by atoms with Crippen molar-refractivity contribution in [3.05, 3.63) is 11.1 Å². The van der Waals surface area contributed by atoms with Gasteiger partial charge in [0, 0.05) is 5.38 Å². The van der Waals surface area contributed by atoms with Crippen molar-refractivity contribution in [2.24, 2.45) is 11.8 Å². The number of thiazole rings is 1. The Morgan fingerprint density at radius 3 is 2.62 bits per heavy atom. The summed E-state index contributed by atoms with van der Waals surface area (Å²) in [5.41, 5.74) is 6.55. The maximum atomic E-state index is 5.91. The summed E-state index contributed by atoms with van der Waals surface area (Å²) in [6.45, 7) is 5.23. The fraction of sp³-hybridized carbons (Fsp3) is 0.750. The molecule has 0 amide bonds. The van der Waals surface area contributed by atoms with Crippen LogP contribution in [-0.4, -0.2) is 11.1 Å². The third kappa shape index (κ3) is 3.19. The Kier molecular flexibility index (Phi) is 3.82. The smallest absolute Gasteiger partial charge is 0.180 e. The van der Waals surface area contributed by atoms with Crippen molar-refractivity contribution in [1.29, 1.82) is 0 Å². The minimum atomic E-state index is 0.404. The first-order valence-electron chi connectivity index (χ1n) is 5.95. The highest BCUT2D eigenvalue weighted by atomic mass is 32.1. The summed E-state index contributed by atoms with van der Waals surface area (Å²) in [6, 6.07) is 0. The van der Waals surface area contributed by atoms with E-state index in [1.807, 2.05) is 5.38 Å². The van der Waals surface area contributed by atoms with Crippen LogP contribution >= 0.6 is 11.3 Å². The van der Waals surface area contributed by atoms with Gasteiger partial charge in [-0.15, -0.1) is 11.3 Å². The SMILES string of the molecule is CC1CC(C)CC(OCc2csc(N)n2)C1. The molecule has 1 aromatic heterocycles. The molecule has 16 heavy (non-hydrogen) atoms. The van der Waals surface area contributed by atoms with E-state index in [4.69, 9.17) is 10.5 Å². The molecule has 0 saturated heterocycles. The van der Waals surface area contributed by atoms with Crippen LogP contribution in [0.25, 0.3) is 0 Å². The maximum Gasteiger partial charge on any atom is 0.180 e. The van der Waals surface area contributed by atoms with Crippen molar-refractivity contribution in [2.45, 2.75) is 45.8 Å². The van der Waals surface area contributed by atoms with E-state index in [1.54, 1.807) is 0 Å². The minimum Gasteiger partial charge on any atom is -0.375 e. The lowest BCUT2D eigenvalue weighted by Gasteiger charge is -2.31. The van der Waals surface area contributed by atoms with Gasteiger partial charge in [-0.3, -0.25) is 0 Å². The lowest BCUT2D eigenvalue weighted by molar-refractivity contribution is -0.0103. The molecule has 1 fully saturated rings. The molecule has 3 nitrogen and oxygen atoms in total. The van der Waals surface area contributed by atoms with Gasteiger partial charge in [-0.2, -0.15) is 0 Å². The van der Waals surface area contributed by atoms with Crippen molar-refractivity contribution in [3.63, 3.8) is 0 Å². The molecule has 2 N–H and O–H groups in total. The molecule has 1 heterocycles. The van der Waals surface area contributed by atoms with Gasteiger partial charge in [-0.1, -0.05) is 13.8 Å². The Balaban J connectivity index is 1.81. The molecular weight excluding hydrogens is 220 g/mol. The number of nitrogens with two attached hydrogens (primary N) is 1. The highest BCUT2D eigenvalue weighted by molar-refractivity contribution is 7.13. The molecule has 0 aliphatic heterocycles. The number of aromatic nitrogens is 1. The molecule has 0 radical (unpaired) electrons. The van der Waals surface area contributed by atoms with E-state index in [9.17, 15) is 0 Å². The van der Waals surface area contributed by atoms with Gasteiger partial charge in [0.1, 0.15) is 0 Å². The Hall–Kier alpha value is -0.610. The summed E-state index contributed by atoms with van der Waals surface area (Å²) in [6.07, 6.45) is 4.11. The molecule has 0 aromatic carbocycles. The molecule has 2 unspecified atom stereocenters. The van der Waals surface area contributed by atoms with Crippen LogP contribution in [0.15, 0.2) is 5.38 Å². The van der Waals surface area contributed by atoms with Gasteiger partial charge in [0.15, 0.2) is 5.13 Å². The van der Waals surface area contributed by atoms with Crippen LogP contribution < -0.4 is 5.73 Å². The van der Waals surface area contributed by atoms with Crippen LogP contribution in [0.1, 0.15) is 38.8 Å². The minimum absolute atomic E-state index is 0.404. The summed E-state index contributed by atoms with van der Waals surface area (Å²) in [5, 5.41) is 2.61. The number of anilines is 1. The standard InChI is InChI=1S/C12H20N2OS/c1-8-3-9(2)5-11(4-8)15-6-10-7-16-12(13)14-10/h7-9,11H,3-6H2,1-2H3,(H2,13,14). The third-order valence-corrected chi connectivity index (χ3v) is 3.89. The van der Waals surface area contributed by atoms with Crippen molar-refractivity contribution in [3.8, 4) is 0 Å². The first-order valence-corrected chi connectivity index (χ1v) is 6.83. The lowest BCUT2D eigenvalue weighted by Crippen LogP contribution is -2.26. The van der Waals surface area contributed by atoms with Gasteiger partial charge >= 0.3 is 0 Å². The zero-order chi connectivity index (χ0) is 11.5. The predicted octanol–water partition coefficient (Wildman–Crippen LogP) is 3.07. The van der Waals surface area contributed by atoms with Crippen LogP contribution in [0.5, 0.6) is 0 Å². The Labute approximate surface area is 101 Å². The van der Waals surface area contributed by atoms with Gasteiger partial charge in [-0.05, 0) is 31.1 Å². The molecule has 4 heteroatoms. The van der Waals surface area contributed by atoms with Crippen molar-refractivity contribution in [2.75, 3.05) is 5.73 Å². The van der Waals surface area contributed by atoms with E-state index in [0.29, 0.717) is 17.8 Å². The van der Waals surface area contributed by atoms with E-state index >= 15 is 0 Å². The highest BCUT2D eigenvalue weighted by Crippen LogP contribution is 2.30. The normalized spacial score (nSPS) is 30.5. The summed E-state index contributed by atoms with van der Waals surface area (Å²) in [7, 11) is 0. The molecule has 1 aliphatic carbocycles. The quantitative estimate of drug-likeness (QED) is 0.883. The summed E-state index contributed by atoms with van der Waals surface area (Å²) < 4.78 is 5.91. The second-order valence-corrected chi connectivity index (χ2v) is 5.92. The van der Waals surface area contributed by atoms with Crippen molar-refractivity contribution in [1.82, 2.24) is 4.98 Å². The summed E-state index contributed by atoms with van der Waals surface area (Å²) in [5.74, 6) is 1.57. The van der Waals surface area contributed by atoms with E-state index < -0.39 is 0 Å². The van der Waals surface area contributed by atoms with Gasteiger partial charge < -0.3 is 10.5 Å². The number of rotatable bonds is 3. The second kappa shape index (κ2) is 5.15. The Morgan fingerprint density at radius 1 is 1.38 bits per heavy atom. The fourth-order valence-corrected chi connectivity index (χ4v) is 3.15. The topological polar surface area (TPSA) is 48.1 Å². The summed E-state index contributed by atoms with van der Waals surface area (Å²) >= 11 is 1.48. The van der Waals surface area contributed by atoms with E-state index in [0.717, 1.165) is 17.5 Å². The second-order valence-electron chi connectivity index (χ2n) is 5.03. The fourth-order valence-electron chi connectivity index (χ4n) is 2.60.